The van der Waals surface area contributed by atoms with Crippen LogP contribution in [0.1, 0.15) is 16.8 Å². The van der Waals surface area contributed by atoms with Gasteiger partial charge in [-0.05, 0) is 35.4 Å². The summed E-state index contributed by atoms with van der Waals surface area (Å²) in [7, 11) is 3.18. The second-order valence-corrected chi connectivity index (χ2v) is 5.63. The smallest absolute Gasteiger partial charge is 0.387 e. The number of nitrogens with one attached hydrogen (secondary N) is 1. The van der Waals surface area contributed by atoms with Gasteiger partial charge in [-0.25, -0.2) is 0 Å². The summed E-state index contributed by atoms with van der Waals surface area (Å²) in [6, 6.07) is 13.2. The number of carbonyl (C=O) groups is 2. The van der Waals surface area contributed by atoms with Crippen LogP contribution in [0.3, 0.4) is 0 Å². The zero-order chi connectivity index (χ0) is 19.1. The van der Waals surface area contributed by atoms with Crippen molar-refractivity contribution in [3.63, 3.8) is 0 Å². The first-order valence-electron chi connectivity index (χ1n) is 8.02. The van der Waals surface area contributed by atoms with E-state index >= 15 is 0 Å². The molecule has 138 valence electrons. The van der Waals surface area contributed by atoms with Crippen molar-refractivity contribution in [1.29, 1.82) is 0 Å². The number of hydrogen-bond donors (Lipinski definition) is 1. The van der Waals surface area contributed by atoms with E-state index in [0.717, 1.165) is 11.1 Å². The molecular weight excluding hydrogens is 342 g/mol. The monoisotopic (exact) mass is 362 g/mol. The van der Waals surface area contributed by atoms with E-state index in [0.29, 0.717) is 12.1 Å². The van der Waals surface area contributed by atoms with E-state index in [2.05, 4.69) is 10.1 Å². The van der Waals surface area contributed by atoms with E-state index in [1.807, 2.05) is 6.07 Å². The maximum Gasteiger partial charge on any atom is 0.387 e. The largest absolute Gasteiger partial charge is 0.435 e. The third-order valence-electron chi connectivity index (χ3n) is 3.82. The van der Waals surface area contributed by atoms with Gasteiger partial charge in [0.25, 0.3) is 5.91 Å². The van der Waals surface area contributed by atoms with Crippen LogP contribution in [-0.2, 0) is 4.79 Å². The first-order chi connectivity index (χ1) is 12.4. The number of ether oxygens (including phenoxy) is 1. The molecule has 2 aromatic carbocycles. The molecule has 1 N–H and O–H groups in total. The van der Waals surface area contributed by atoms with Crippen molar-refractivity contribution in [2.75, 3.05) is 20.6 Å². The lowest BCUT2D eigenvalue weighted by molar-refractivity contribution is -0.120. The maximum atomic E-state index is 12.5. The lowest BCUT2D eigenvalue weighted by Gasteiger charge is -2.17. The van der Waals surface area contributed by atoms with Crippen molar-refractivity contribution >= 4 is 11.8 Å². The molecule has 0 aliphatic rings. The standard InChI is InChI=1S/C19H20F2N2O3/c1-22-17(24)10-11-23(2)18(25)15-5-3-4-14(12-15)13-6-8-16(9-7-13)26-19(20)21/h3-9,12,19H,10-11H2,1-2H3,(H,22,24). The van der Waals surface area contributed by atoms with E-state index in [4.69, 9.17) is 0 Å². The number of benzene rings is 2. The summed E-state index contributed by atoms with van der Waals surface area (Å²) in [6.45, 7) is -2.56. The van der Waals surface area contributed by atoms with Crippen LogP contribution in [0.25, 0.3) is 11.1 Å². The van der Waals surface area contributed by atoms with Crippen molar-refractivity contribution in [1.82, 2.24) is 10.2 Å². The fourth-order valence-corrected chi connectivity index (χ4v) is 2.38. The topological polar surface area (TPSA) is 58.6 Å². The van der Waals surface area contributed by atoms with Crippen molar-refractivity contribution in [2.24, 2.45) is 0 Å². The van der Waals surface area contributed by atoms with Crippen molar-refractivity contribution in [2.45, 2.75) is 13.0 Å². The minimum atomic E-state index is -2.87. The average Bonchev–Trinajstić information content (AvgIpc) is 2.65. The van der Waals surface area contributed by atoms with E-state index in [1.165, 1.54) is 17.0 Å². The Morgan fingerprint density at radius 3 is 2.42 bits per heavy atom. The summed E-state index contributed by atoms with van der Waals surface area (Å²) in [6.07, 6.45) is 0.226. The van der Waals surface area contributed by atoms with E-state index in [1.54, 1.807) is 44.4 Å². The van der Waals surface area contributed by atoms with Crippen molar-refractivity contribution < 1.29 is 23.1 Å². The summed E-state index contributed by atoms with van der Waals surface area (Å²) < 4.78 is 28.7. The molecule has 0 fully saturated rings. The first-order valence-corrected chi connectivity index (χ1v) is 8.02. The number of amides is 2. The van der Waals surface area contributed by atoms with E-state index < -0.39 is 6.61 Å². The molecule has 0 aliphatic carbocycles. The number of rotatable bonds is 7. The molecule has 0 bridgehead atoms. The van der Waals surface area contributed by atoms with Gasteiger partial charge in [-0.3, -0.25) is 9.59 Å². The Bertz CT molecular complexity index is 764. The zero-order valence-electron chi connectivity index (χ0n) is 14.5. The van der Waals surface area contributed by atoms with Crippen LogP contribution >= 0.6 is 0 Å². The Hall–Kier alpha value is -2.96. The second kappa shape index (κ2) is 8.94. The molecule has 0 unspecified atom stereocenters. The summed E-state index contributed by atoms with van der Waals surface area (Å²) in [5, 5.41) is 2.51. The quantitative estimate of drug-likeness (QED) is 0.823. The third kappa shape index (κ3) is 5.27. The first kappa shape index (κ1) is 19.4. The van der Waals surface area contributed by atoms with Crippen LogP contribution in [0, 0.1) is 0 Å². The van der Waals surface area contributed by atoms with Crippen LogP contribution in [0.15, 0.2) is 48.5 Å². The van der Waals surface area contributed by atoms with Crippen LogP contribution < -0.4 is 10.1 Å². The molecule has 0 atom stereocenters. The average molecular weight is 362 g/mol. The highest BCUT2D eigenvalue weighted by molar-refractivity contribution is 5.95. The molecule has 0 saturated heterocycles. The van der Waals surface area contributed by atoms with Gasteiger partial charge in [0, 0.05) is 32.6 Å². The summed E-state index contributed by atoms with van der Waals surface area (Å²) in [5.41, 5.74) is 2.03. The predicted octanol–water partition coefficient (Wildman–Crippen LogP) is 3.16. The summed E-state index contributed by atoms with van der Waals surface area (Å²) in [4.78, 5) is 25.3. The van der Waals surface area contributed by atoms with Gasteiger partial charge >= 0.3 is 6.61 Å². The van der Waals surface area contributed by atoms with Crippen LogP contribution in [0.5, 0.6) is 5.75 Å². The number of hydrogen-bond acceptors (Lipinski definition) is 3. The second-order valence-electron chi connectivity index (χ2n) is 5.63. The Morgan fingerprint density at radius 2 is 1.81 bits per heavy atom. The van der Waals surface area contributed by atoms with Gasteiger partial charge in [0.15, 0.2) is 0 Å². The fourth-order valence-electron chi connectivity index (χ4n) is 2.38. The maximum absolute atomic E-state index is 12.5. The predicted molar refractivity (Wildman–Crippen MR) is 94.2 cm³/mol. The van der Waals surface area contributed by atoms with Crippen molar-refractivity contribution in [3.8, 4) is 16.9 Å². The SMILES string of the molecule is CNC(=O)CCN(C)C(=O)c1cccc(-c2ccc(OC(F)F)cc2)c1. The number of halogens is 2. The fraction of sp³-hybridized carbons (Fsp3) is 0.263. The molecule has 2 rings (SSSR count). The van der Waals surface area contributed by atoms with Gasteiger partial charge in [0.05, 0.1) is 0 Å². The van der Waals surface area contributed by atoms with Crippen LogP contribution in [-0.4, -0.2) is 44.0 Å². The molecule has 0 spiro atoms. The highest BCUT2D eigenvalue weighted by Crippen LogP contribution is 2.24. The highest BCUT2D eigenvalue weighted by atomic mass is 19.3. The van der Waals surface area contributed by atoms with Gasteiger partial charge in [-0.1, -0.05) is 24.3 Å². The van der Waals surface area contributed by atoms with Crippen molar-refractivity contribution in [3.05, 3.63) is 54.1 Å². The molecule has 0 aliphatic heterocycles. The number of nitrogens with zero attached hydrogens (tertiary/aromatic N) is 1. The molecule has 0 radical (unpaired) electrons. The van der Waals surface area contributed by atoms with Gasteiger partial charge in [0.2, 0.25) is 5.91 Å². The molecule has 2 amide bonds. The molecular formula is C19H20F2N2O3. The van der Waals surface area contributed by atoms with Crippen LogP contribution in [0.2, 0.25) is 0 Å². The molecule has 7 heteroatoms. The van der Waals surface area contributed by atoms with Gasteiger partial charge in [0.1, 0.15) is 5.75 Å². The number of carbonyl (C=O) groups excluding carboxylic acids is 2. The lowest BCUT2D eigenvalue weighted by atomic mass is 10.0. The van der Waals surface area contributed by atoms with Gasteiger partial charge in [-0.15, -0.1) is 0 Å². The third-order valence-corrected chi connectivity index (χ3v) is 3.82. The molecule has 2 aromatic rings. The Morgan fingerprint density at radius 1 is 1.12 bits per heavy atom. The normalized spacial score (nSPS) is 10.5. The van der Waals surface area contributed by atoms with Gasteiger partial charge in [-0.2, -0.15) is 8.78 Å². The van der Waals surface area contributed by atoms with E-state index in [-0.39, 0.29) is 24.0 Å². The van der Waals surface area contributed by atoms with Crippen LogP contribution in [0.4, 0.5) is 8.78 Å². The zero-order valence-corrected chi connectivity index (χ0v) is 14.5. The molecule has 0 heterocycles. The Balaban J connectivity index is 2.11. The molecule has 0 saturated carbocycles. The summed E-state index contributed by atoms with van der Waals surface area (Å²) in [5.74, 6) is -0.261. The molecule has 0 aromatic heterocycles. The summed E-state index contributed by atoms with van der Waals surface area (Å²) >= 11 is 0. The molecule has 26 heavy (non-hydrogen) atoms. The van der Waals surface area contributed by atoms with E-state index in [9.17, 15) is 18.4 Å². The molecule has 5 nitrogen and oxygen atoms in total. The Kier molecular flexibility index (Phi) is 6.66. The number of alkyl halides is 2. The van der Waals surface area contributed by atoms with Gasteiger partial charge < -0.3 is 15.0 Å². The highest BCUT2D eigenvalue weighted by Gasteiger charge is 2.13. The minimum Gasteiger partial charge on any atom is -0.435 e. The Labute approximate surface area is 150 Å². The minimum absolute atomic E-state index is 0.0740. The lowest BCUT2D eigenvalue weighted by Crippen LogP contribution is -2.31.